The lowest BCUT2D eigenvalue weighted by Gasteiger charge is -2.14. The van der Waals surface area contributed by atoms with Gasteiger partial charge in [0, 0.05) is 17.5 Å². The van der Waals surface area contributed by atoms with Crippen molar-refractivity contribution in [2.24, 2.45) is 0 Å². The number of benzene rings is 1. The summed E-state index contributed by atoms with van der Waals surface area (Å²) < 4.78 is 26.7. The minimum atomic E-state index is -3.87. The minimum Gasteiger partial charge on any atom is -0.478 e. The Morgan fingerprint density at radius 1 is 1.53 bits per heavy atom. The Morgan fingerprint density at radius 2 is 2.16 bits per heavy atom. The molecule has 19 heavy (non-hydrogen) atoms. The molecule has 0 heterocycles. The minimum absolute atomic E-state index is 0.202. The summed E-state index contributed by atoms with van der Waals surface area (Å²) in [5, 5.41) is 9.04. The molecule has 0 radical (unpaired) electrons. The summed E-state index contributed by atoms with van der Waals surface area (Å²) in [5.41, 5.74) is 5.35. The van der Waals surface area contributed by atoms with Crippen molar-refractivity contribution in [2.75, 3.05) is 17.7 Å². The summed E-state index contributed by atoms with van der Waals surface area (Å²) in [4.78, 5) is 10.8. The van der Waals surface area contributed by atoms with Crippen LogP contribution in [-0.4, -0.2) is 37.5 Å². The molecule has 106 valence electrons. The second kappa shape index (κ2) is 6.27. The smallest absolute Gasteiger partial charge is 0.337 e. The van der Waals surface area contributed by atoms with Crippen molar-refractivity contribution in [3.63, 3.8) is 0 Å². The molecule has 0 aliphatic carbocycles. The summed E-state index contributed by atoms with van der Waals surface area (Å²) in [6.45, 7) is 1.71. The highest BCUT2D eigenvalue weighted by molar-refractivity contribution is 7.98. The van der Waals surface area contributed by atoms with Crippen LogP contribution in [0.5, 0.6) is 0 Å². The number of nitrogens with one attached hydrogen (secondary N) is 1. The van der Waals surface area contributed by atoms with Crippen molar-refractivity contribution < 1.29 is 18.3 Å². The maximum Gasteiger partial charge on any atom is 0.337 e. The van der Waals surface area contributed by atoms with Crippen molar-refractivity contribution in [3.8, 4) is 0 Å². The number of nitrogens with two attached hydrogens (primary N) is 1. The van der Waals surface area contributed by atoms with E-state index in [-0.39, 0.29) is 22.2 Å². The fourth-order valence-electron chi connectivity index (χ4n) is 1.56. The van der Waals surface area contributed by atoms with E-state index >= 15 is 0 Å². The van der Waals surface area contributed by atoms with Gasteiger partial charge in [-0.25, -0.2) is 17.9 Å². The monoisotopic (exact) mass is 304 g/mol. The van der Waals surface area contributed by atoms with E-state index in [1.807, 2.05) is 6.26 Å². The number of carboxylic acid groups (broad SMARTS) is 1. The summed E-state index contributed by atoms with van der Waals surface area (Å²) in [5.74, 6) is -0.735. The van der Waals surface area contributed by atoms with Crippen LogP contribution in [0.1, 0.15) is 17.3 Å². The summed E-state index contributed by atoms with van der Waals surface area (Å²) in [7, 11) is -3.87. The quantitative estimate of drug-likeness (QED) is 0.676. The number of hydrogen-bond donors (Lipinski definition) is 3. The molecule has 0 spiro atoms. The van der Waals surface area contributed by atoms with Gasteiger partial charge in [0.25, 0.3) is 0 Å². The molecule has 1 rings (SSSR count). The lowest BCUT2D eigenvalue weighted by atomic mass is 10.2. The molecule has 0 saturated carbocycles. The number of carbonyl (C=O) groups is 1. The Bertz CT molecular complexity index is 572. The number of nitrogen functional groups attached to an aromatic ring is 1. The van der Waals surface area contributed by atoms with Gasteiger partial charge in [0.1, 0.15) is 0 Å². The average Bonchev–Trinajstić information content (AvgIpc) is 2.27. The predicted octanol–water partition coefficient (Wildman–Crippen LogP) is 0.997. The Morgan fingerprint density at radius 3 is 2.68 bits per heavy atom. The van der Waals surface area contributed by atoms with E-state index in [1.54, 1.807) is 6.92 Å². The first-order valence-corrected chi connectivity index (χ1v) is 8.29. The van der Waals surface area contributed by atoms with Crippen LogP contribution in [-0.2, 0) is 10.0 Å². The molecule has 4 N–H and O–H groups in total. The number of aromatic carboxylic acids is 1. The first-order chi connectivity index (χ1) is 8.77. The van der Waals surface area contributed by atoms with E-state index in [9.17, 15) is 13.2 Å². The van der Waals surface area contributed by atoms with Crippen LogP contribution in [0, 0.1) is 0 Å². The van der Waals surface area contributed by atoms with Crippen molar-refractivity contribution in [1.29, 1.82) is 0 Å². The second-order valence-electron chi connectivity index (χ2n) is 4.04. The van der Waals surface area contributed by atoms with Gasteiger partial charge in [-0.05, 0) is 31.4 Å². The van der Waals surface area contributed by atoms with Gasteiger partial charge in [0.15, 0.2) is 0 Å². The Balaban J connectivity index is 3.18. The lowest BCUT2D eigenvalue weighted by molar-refractivity contribution is 0.0692. The van der Waals surface area contributed by atoms with Crippen LogP contribution in [0.15, 0.2) is 23.1 Å². The largest absolute Gasteiger partial charge is 0.478 e. The number of hydrogen-bond acceptors (Lipinski definition) is 5. The molecule has 1 atom stereocenters. The van der Waals surface area contributed by atoms with E-state index in [4.69, 9.17) is 10.8 Å². The fourth-order valence-corrected chi connectivity index (χ4v) is 3.67. The number of thioether (sulfide) groups is 1. The van der Waals surface area contributed by atoms with Crippen molar-refractivity contribution in [3.05, 3.63) is 23.8 Å². The summed E-state index contributed by atoms with van der Waals surface area (Å²) in [6, 6.07) is 3.41. The van der Waals surface area contributed by atoms with Crippen molar-refractivity contribution in [1.82, 2.24) is 4.72 Å². The number of rotatable bonds is 6. The Kier molecular flexibility index (Phi) is 5.21. The normalized spacial score (nSPS) is 13.2. The van der Waals surface area contributed by atoms with Crippen LogP contribution in [0.4, 0.5) is 5.69 Å². The highest BCUT2D eigenvalue weighted by Gasteiger charge is 2.23. The number of sulfonamides is 1. The third-order valence-corrected chi connectivity index (χ3v) is 4.78. The van der Waals surface area contributed by atoms with Crippen LogP contribution in [0.25, 0.3) is 0 Å². The van der Waals surface area contributed by atoms with Crippen molar-refractivity contribution in [2.45, 2.75) is 17.9 Å². The van der Waals surface area contributed by atoms with Gasteiger partial charge < -0.3 is 10.8 Å². The standard InChI is InChI=1S/C11H16N2O4S2/c1-7(6-18-2)13-19(16,17)10-4-3-8(12)5-9(10)11(14)15/h3-5,7,13H,6,12H2,1-2H3,(H,14,15). The van der Waals surface area contributed by atoms with Gasteiger partial charge in [-0.3, -0.25) is 0 Å². The SMILES string of the molecule is CSCC(C)NS(=O)(=O)c1ccc(N)cc1C(=O)O. The highest BCUT2D eigenvalue weighted by atomic mass is 32.2. The van der Waals surface area contributed by atoms with Crippen LogP contribution in [0.3, 0.4) is 0 Å². The van der Waals surface area contributed by atoms with E-state index in [2.05, 4.69) is 4.72 Å². The molecule has 1 aromatic carbocycles. The molecule has 1 aromatic rings. The van der Waals surface area contributed by atoms with E-state index in [0.29, 0.717) is 5.75 Å². The zero-order valence-electron chi connectivity index (χ0n) is 10.6. The van der Waals surface area contributed by atoms with E-state index < -0.39 is 16.0 Å². The molecular weight excluding hydrogens is 288 g/mol. The van der Waals surface area contributed by atoms with Crippen LogP contribution >= 0.6 is 11.8 Å². The third-order valence-electron chi connectivity index (χ3n) is 2.30. The maximum absolute atomic E-state index is 12.1. The Hall–Kier alpha value is -1.25. The van der Waals surface area contributed by atoms with Gasteiger partial charge in [-0.15, -0.1) is 0 Å². The first-order valence-electron chi connectivity index (χ1n) is 5.42. The second-order valence-corrected chi connectivity index (χ2v) is 6.63. The lowest BCUT2D eigenvalue weighted by Crippen LogP contribution is -2.35. The summed E-state index contributed by atoms with van der Waals surface area (Å²) >= 11 is 1.50. The fraction of sp³-hybridized carbons (Fsp3) is 0.364. The molecule has 6 nitrogen and oxygen atoms in total. The highest BCUT2D eigenvalue weighted by Crippen LogP contribution is 2.19. The van der Waals surface area contributed by atoms with Gasteiger partial charge in [-0.1, -0.05) is 0 Å². The van der Waals surface area contributed by atoms with Gasteiger partial charge in [0.05, 0.1) is 10.5 Å². The third kappa shape index (κ3) is 4.12. The average molecular weight is 304 g/mol. The van der Waals surface area contributed by atoms with Crippen LogP contribution in [0.2, 0.25) is 0 Å². The molecule has 0 amide bonds. The van der Waals surface area contributed by atoms with Crippen molar-refractivity contribution >= 4 is 33.4 Å². The number of anilines is 1. The molecule has 0 aliphatic heterocycles. The first kappa shape index (κ1) is 15.8. The molecule has 1 unspecified atom stereocenters. The molecule has 0 saturated heterocycles. The molecule has 8 heteroatoms. The topological polar surface area (TPSA) is 109 Å². The maximum atomic E-state index is 12.1. The molecule has 0 aromatic heterocycles. The van der Waals surface area contributed by atoms with Crippen LogP contribution < -0.4 is 10.5 Å². The molecule has 0 bridgehead atoms. The van der Waals surface area contributed by atoms with Gasteiger partial charge >= 0.3 is 5.97 Å². The van der Waals surface area contributed by atoms with Gasteiger partial charge in [0.2, 0.25) is 10.0 Å². The summed E-state index contributed by atoms with van der Waals surface area (Å²) in [6.07, 6.45) is 1.86. The zero-order chi connectivity index (χ0) is 14.6. The Labute approximate surface area is 116 Å². The zero-order valence-corrected chi connectivity index (χ0v) is 12.2. The van der Waals surface area contributed by atoms with E-state index in [0.717, 1.165) is 6.07 Å². The molecule has 0 aliphatic rings. The van der Waals surface area contributed by atoms with Gasteiger partial charge in [-0.2, -0.15) is 11.8 Å². The molecule has 0 fully saturated rings. The van der Waals surface area contributed by atoms with E-state index in [1.165, 1.54) is 23.9 Å². The molecular formula is C11H16N2O4S2. The predicted molar refractivity (Wildman–Crippen MR) is 76.0 cm³/mol. The number of carboxylic acids is 1.